The van der Waals surface area contributed by atoms with Crippen LogP contribution in [0.1, 0.15) is 16.7 Å². The molecule has 1 nitrogen and oxygen atoms in total. The lowest BCUT2D eigenvalue weighted by molar-refractivity contribution is 1.45. The minimum Gasteiger partial charge on any atom is -0.300 e. The van der Waals surface area contributed by atoms with Gasteiger partial charge in [0.1, 0.15) is 0 Å². The molecule has 2 aromatic rings. The Balaban J connectivity index is 2.46. The minimum atomic E-state index is 0.538. The Bertz CT molecular complexity index is 512. The van der Waals surface area contributed by atoms with E-state index >= 15 is 0 Å². The maximum atomic E-state index is 8.17. The first kappa shape index (κ1) is 10.4. The molecule has 0 aliphatic heterocycles. The molecule has 2 rings (SSSR count). The monoisotopic (exact) mass is 207 g/mol. The van der Waals surface area contributed by atoms with Gasteiger partial charge >= 0.3 is 0 Å². The smallest absolute Gasteiger partial charge is 0.0690 e. The zero-order valence-corrected chi connectivity index (χ0v) is 8.98. The Morgan fingerprint density at radius 2 is 1.56 bits per heavy atom. The normalized spacial score (nSPS) is 9.75. The third-order valence-corrected chi connectivity index (χ3v) is 2.51. The van der Waals surface area contributed by atoms with Crippen LogP contribution >= 0.6 is 0 Å². The fourth-order valence-corrected chi connectivity index (χ4v) is 1.66. The summed E-state index contributed by atoms with van der Waals surface area (Å²) >= 11 is 0. The maximum absolute atomic E-state index is 8.17. The summed E-state index contributed by atoms with van der Waals surface area (Å²) < 4.78 is 0. The van der Waals surface area contributed by atoms with Crippen molar-refractivity contribution in [3.05, 3.63) is 77.9 Å². The SMILES string of the molecule is C=Cc1ccccc1C(=N)c1ccccc1. The highest BCUT2D eigenvalue weighted by Gasteiger charge is 2.06. The standard InChI is InChI=1S/C15H13N/c1-2-12-8-6-7-11-14(12)15(16)13-9-4-3-5-10-13/h2-11,16H,1H2. The summed E-state index contributed by atoms with van der Waals surface area (Å²) in [4.78, 5) is 0. The number of hydrogen-bond donors (Lipinski definition) is 1. The third-order valence-electron chi connectivity index (χ3n) is 2.51. The van der Waals surface area contributed by atoms with Crippen molar-refractivity contribution in [2.45, 2.75) is 0 Å². The zero-order chi connectivity index (χ0) is 11.4. The molecule has 1 heteroatoms. The van der Waals surface area contributed by atoms with E-state index in [4.69, 9.17) is 5.41 Å². The quantitative estimate of drug-likeness (QED) is 0.741. The minimum absolute atomic E-state index is 0.538. The Hall–Kier alpha value is -2.15. The van der Waals surface area contributed by atoms with Crippen LogP contribution in [0.2, 0.25) is 0 Å². The Morgan fingerprint density at radius 1 is 0.938 bits per heavy atom. The first-order chi connectivity index (χ1) is 7.83. The van der Waals surface area contributed by atoms with Gasteiger partial charge < -0.3 is 0 Å². The molecule has 0 saturated heterocycles. The van der Waals surface area contributed by atoms with Crippen LogP contribution in [0, 0.1) is 5.41 Å². The molecule has 0 fully saturated rings. The maximum Gasteiger partial charge on any atom is 0.0690 e. The van der Waals surface area contributed by atoms with E-state index in [1.165, 1.54) is 0 Å². The summed E-state index contributed by atoms with van der Waals surface area (Å²) in [6.07, 6.45) is 1.78. The molecule has 0 aliphatic rings. The third kappa shape index (κ3) is 1.94. The second kappa shape index (κ2) is 4.58. The first-order valence-electron chi connectivity index (χ1n) is 5.18. The largest absolute Gasteiger partial charge is 0.300 e. The van der Waals surface area contributed by atoms with Gasteiger partial charge in [-0.15, -0.1) is 0 Å². The highest BCUT2D eigenvalue weighted by Crippen LogP contribution is 2.15. The average molecular weight is 207 g/mol. The predicted molar refractivity (Wildman–Crippen MR) is 68.9 cm³/mol. The first-order valence-corrected chi connectivity index (χ1v) is 5.18. The summed E-state index contributed by atoms with van der Waals surface area (Å²) in [6, 6.07) is 17.6. The van der Waals surface area contributed by atoms with Crippen LogP contribution in [0.4, 0.5) is 0 Å². The van der Waals surface area contributed by atoms with Gasteiger partial charge in [0.2, 0.25) is 0 Å². The van der Waals surface area contributed by atoms with Crippen LogP contribution in [-0.2, 0) is 0 Å². The fraction of sp³-hybridized carbons (Fsp3) is 0. The van der Waals surface area contributed by atoms with Crippen LogP contribution in [0.25, 0.3) is 6.08 Å². The summed E-state index contributed by atoms with van der Waals surface area (Å²) in [5, 5.41) is 8.17. The topological polar surface area (TPSA) is 23.9 Å². The van der Waals surface area contributed by atoms with Crippen molar-refractivity contribution in [1.82, 2.24) is 0 Å². The van der Waals surface area contributed by atoms with Crippen LogP contribution in [0.15, 0.2) is 61.2 Å². The van der Waals surface area contributed by atoms with E-state index in [9.17, 15) is 0 Å². The molecule has 16 heavy (non-hydrogen) atoms. The molecule has 2 aromatic carbocycles. The molecule has 0 radical (unpaired) electrons. The Labute approximate surface area is 95.6 Å². The molecule has 0 amide bonds. The summed E-state index contributed by atoms with van der Waals surface area (Å²) in [5.41, 5.74) is 3.38. The van der Waals surface area contributed by atoms with Crippen molar-refractivity contribution in [2.75, 3.05) is 0 Å². The van der Waals surface area contributed by atoms with E-state index in [2.05, 4.69) is 6.58 Å². The lowest BCUT2D eigenvalue weighted by Gasteiger charge is -2.07. The number of hydrogen-bond acceptors (Lipinski definition) is 1. The average Bonchev–Trinajstić information content (AvgIpc) is 2.39. The van der Waals surface area contributed by atoms with Crippen molar-refractivity contribution >= 4 is 11.8 Å². The molecule has 78 valence electrons. The summed E-state index contributed by atoms with van der Waals surface area (Å²) in [5.74, 6) is 0. The van der Waals surface area contributed by atoms with Gasteiger partial charge in [-0.05, 0) is 5.56 Å². The van der Waals surface area contributed by atoms with Crippen molar-refractivity contribution < 1.29 is 0 Å². The highest BCUT2D eigenvalue weighted by molar-refractivity contribution is 6.12. The second-order valence-corrected chi connectivity index (χ2v) is 3.53. The summed E-state index contributed by atoms with van der Waals surface area (Å²) in [6.45, 7) is 3.77. The van der Waals surface area contributed by atoms with Crippen LogP contribution in [-0.4, -0.2) is 5.71 Å². The van der Waals surface area contributed by atoms with Gasteiger partial charge in [0.05, 0.1) is 5.71 Å². The predicted octanol–water partition coefficient (Wildman–Crippen LogP) is 3.75. The molecule has 0 bridgehead atoms. The van der Waals surface area contributed by atoms with Crippen LogP contribution < -0.4 is 0 Å². The number of nitrogens with one attached hydrogen (secondary N) is 1. The van der Waals surface area contributed by atoms with E-state index in [0.29, 0.717) is 5.71 Å². The Morgan fingerprint density at radius 3 is 2.25 bits per heavy atom. The van der Waals surface area contributed by atoms with Crippen LogP contribution in [0.3, 0.4) is 0 Å². The molecule has 0 aromatic heterocycles. The molecule has 0 spiro atoms. The van der Waals surface area contributed by atoms with Crippen molar-refractivity contribution in [3.8, 4) is 0 Å². The van der Waals surface area contributed by atoms with Crippen LogP contribution in [0.5, 0.6) is 0 Å². The molecule has 0 heterocycles. The van der Waals surface area contributed by atoms with Gasteiger partial charge in [0.15, 0.2) is 0 Å². The van der Waals surface area contributed by atoms with Gasteiger partial charge in [0, 0.05) is 11.1 Å². The van der Waals surface area contributed by atoms with E-state index in [1.807, 2.05) is 54.6 Å². The molecule has 0 saturated carbocycles. The fourth-order valence-electron chi connectivity index (χ4n) is 1.66. The molecule has 0 aliphatic carbocycles. The Kier molecular flexibility index (Phi) is 2.97. The molecule has 0 atom stereocenters. The highest BCUT2D eigenvalue weighted by atomic mass is 14.4. The van der Waals surface area contributed by atoms with Crippen molar-refractivity contribution in [1.29, 1.82) is 5.41 Å². The molecule has 0 unspecified atom stereocenters. The van der Waals surface area contributed by atoms with Crippen molar-refractivity contribution in [2.24, 2.45) is 0 Å². The summed E-state index contributed by atoms with van der Waals surface area (Å²) in [7, 11) is 0. The number of rotatable bonds is 3. The molecular formula is C15H13N. The molecular weight excluding hydrogens is 194 g/mol. The van der Waals surface area contributed by atoms with Gasteiger partial charge in [-0.25, -0.2) is 0 Å². The van der Waals surface area contributed by atoms with E-state index in [0.717, 1.165) is 16.7 Å². The zero-order valence-electron chi connectivity index (χ0n) is 8.98. The van der Waals surface area contributed by atoms with Gasteiger partial charge in [-0.2, -0.15) is 0 Å². The van der Waals surface area contributed by atoms with Crippen molar-refractivity contribution in [3.63, 3.8) is 0 Å². The van der Waals surface area contributed by atoms with Gasteiger partial charge in [-0.1, -0.05) is 67.3 Å². The number of benzene rings is 2. The van der Waals surface area contributed by atoms with E-state index in [1.54, 1.807) is 6.08 Å². The van der Waals surface area contributed by atoms with E-state index < -0.39 is 0 Å². The lowest BCUT2D eigenvalue weighted by Crippen LogP contribution is -2.02. The van der Waals surface area contributed by atoms with Gasteiger partial charge in [-0.3, -0.25) is 5.41 Å². The lowest BCUT2D eigenvalue weighted by atomic mass is 9.98. The van der Waals surface area contributed by atoms with E-state index in [-0.39, 0.29) is 0 Å². The van der Waals surface area contributed by atoms with Gasteiger partial charge in [0.25, 0.3) is 0 Å². The second-order valence-electron chi connectivity index (χ2n) is 3.53. The molecule has 1 N–H and O–H groups in total.